The van der Waals surface area contributed by atoms with Crippen molar-refractivity contribution in [3.63, 3.8) is 0 Å². The summed E-state index contributed by atoms with van der Waals surface area (Å²) in [5.74, 6) is 0.641. The minimum Gasteiger partial charge on any atom is -0.324 e. The second kappa shape index (κ2) is 3.18. The van der Waals surface area contributed by atoms with Crippen molar-refractivity contribution in [2.75, 3.05) is 0 Å². The van der Waals surface area contributed by atoms with E-state index in [-0.39, 0.29) is 0 Å². The Kier molecular flexibility index (Phi) is 2.03. The van der Waals surface area contributed by atoms with Crippen molar-refractivity contribution in [1.82, 2.24) is 20.2 Å². The first-order valence-corrected chi connectivity index (χ1v) is 4.38. The van der Waals surface area contributed by atoms with Crippen molar-refractivity contribution in [3.05, 3.63) is 5.82 Å². The van der Waals surface area contributed by atoms with Crippen LogP contribution in [0.1, 0.15) is 37.5 Å². The summed E-state index contributed by atoms with van der Waals surface area (Å²) >= 11 is 0. The van der Waals surface area contributed by atoms with Gasteiger partial charge in [0.2, 0.25) is 0 Å². The van der Waals surface area contributed by atoms with Gasteiger partial charge in [0.05, 0.1) is 12.6 Å². The fourth-order valence-corrected chi connectivity index (χ4v) is 1.63. The van der Waals surface area contributed by atoms with E-state index < -0.39 is 0 Å². The Hall–Kier alpha value is -0.970. The van der Waals surface area contributed by atoms with Gasteiger partial charge in [0.25, 0.3) is 0 Å². The molecule has 2 rings (SSSR count). The van der Waals surface area contributed by atoms with Crippen LogP contribution in [0.25, 0.3) is 0 Å². The summed E-state index contributed by atoms with van der Waals surface area (Å²) in [6.07, 6.45) is 4.93. The largest absolute Gasteiger partial charge is 0.324 e. The molecule has 0 atom stereocenters. The molecule has 12 heavy (non-hydrogen) atoms. The average molecular weight is 167 g/mol. The van der Waals surface area contributed by atoms with Crippen molar-refractivity contribution < 1.29 is 0 Å². The van der Waals surface area contributed by atoms with Gasteiger partial charge in [-0.15, -0.1) is 10.2 Å². The van der Waals surface area contributed by atoms with E-state index in [2.05, 4.69) is 15.4 Å². The van der Waals surface area contributed by atoms with E-state index in [1.54, 1.807) is 4.80 Å². The van der Waals surface area contributed by atoms with Crippen molar-refractivity contribution in [2.45, 2.75) is 38.3 Å². The van der Waals surface area contributed by atoms with E-state index in [0.29, 0.717) is 18.4 Å². The molecular weight excluding hydrogens is 154 g/mol. The zero-order valence-corrected chi connectivity index (χ0v) is 6.98. The molecule has 1 heterocycles. The highest BCUT2D eigenvalue weighted by Gasteiger charge is 2.18. The van der Waals surface area contributed by atoms with Crippen molar-refractivity contribution >= 4 is 0 Å². The zero-order chi connectivity index (χ0) is 8.39. The molecule has 1 saturated carbocycles. The normalized spacial score (nSPS) is 18.8. The predicted molar refractivity (Wildman–Crippen MR) is 43.2 cm³/mol. The van der Waals surface area contributed by atoms with E-state index in [9.17, 15) is 0 Å². The number of nitrogens with zero attached hydrogens (tertiary/aromatic N) is 4. The molecule has 5 nitrogen and oxygen atoms in total. The van der Waals surface area contributed by atoms with Gasteiger partial charge in [0.15, 0.2) is 5.82 Å². The molecule has 0 amide bonds. The smallest absolute Gasteiger partial charge is 0.188 e. The van der Waals surface area contributed by atoms with Crippen molar-refractivity contribution in [3.8, 4) is 0 Å². The highest BCUT2D eigenvalue weighted by Crippen LogP contribution is 2.27. The Bertz CT molecular complexity index is 250. The van der Waals surface area contributed by atoms with E-state index in [4.69, 9.17) is 5.73 Å². The molecule has 1 aromatic rings. The van der Waals surface area contributed by atoms with Crippen LogP contribution in [-0.2, 0) is 6.54 Å². The Morgan fingerprint density at radius 3 is 2.75 bits per heavy atom. The highest BCUT2D eigenvalue weighted by atomic mass is 15.6. The molecule has 1 aliphatic rings. The quantitative estimate of drug-likeness (QED) is 0.685. The van der Waals surface area contributed by atoms with Crippen LogP contribution in [-0.4, -0.2) is 20.2 Å². The van der Waals surface area contributed by atoms with Gasteiger partial charge in [0.1, 0.15) is 0 Å². The summed E-state index contributed by atoms with van der Waals surface area (Å²) in [7, 11) is 0. The summed E-state index contributed by atoms with van der Waals surface area (Å²) in [6.45, 7) is 0.382. The van der Waals surface area contributed by atoms with Crippen molar-refractivity contribution in [1.29, 1.82) is 0 Å². The molecule has 1 fully saturated rings. The standard InChI is InChI=1S/C7H13N5/c8-5-7-9-11-12(10-7)6-3-1-2-4-6/h6H,1-5,8H2. The van der Waals surface area contributed by atoms with Gasteiger partial charge in [-0.2, -0.15) is 4.80 Å². The molecule has 0 unspecified atom stereocenters. The minimum atomic E-state index is 0.382. The van der Waals surface area contributed by atoms with E-state index in [1.807, 2.05) is 0 Å². The third kappa shape index (κ3) is 1.32. The lowest BCUT2D eigenvalue weighted by molar-refractivity contribution is 0.403. The second-order valence-corrected chi connectivity index (χ2v) is 3.17. The summed E-state index contributed by atoms with van der Waals surface area (Å²) in [4.78, 5) is 1.72. The first-order valence-electron chi connectivity index (χ1n) is 4.38. The van der Waals surface area contributed by atoms with Gasteiger partial charge in [-0.05, 0) is 18.1 Å². The summed E-state index contributed by atoms with van der Waals surface area (Å²) < 4.78 is 0. The maximum atomic E-state index is 5.38. The monoisotopic (exact) mass is 167 g/mol. The van der Waals surface area contributed by atoms with Gasteiger partial charge in [0, 0.05) is 0 Å². The van der Waals surface area contributed by atoms with Gasteiger partial charge >= 0.3 is 0 Å². The topological polar surface area (TPSA) is 69.6 Å². The fraction of sp³-hybridized carbons (Fsp3) is 0.857. The van der Waals surface area contributed by atoms with Crippen LogP contribution in [0, 0.1) is 0 Å². The number of hydrogen-bond donors (Lipinski definition) is 1. The molecular formula is C7H13N5. The van der Waals surface area contributed by atoms with Gasteiger partial charge < -0.3 is 5.73 Å². The van der Waals surface area contributed by atoms with E-state index >= 15 is 0 Å². The van der Waals surface area contributed by atoms with Crippen LogP contribution in [0.2, 0.25) is 0 Å². The van der Waals surface area contributed by atoms with Crippen LogP contribution >= 0.6 is 0 Å². The molecule has 5 heteroatoms. The third-order valence-corrected chi connectivity index (χ3v) is 2.30. The molecule has 0 aliphatic heterocycles. The first-order chi connectivity index (χ1) is 5.90. The lowest BCUT2D eigenvalue weighted by Gasteiger charge is -2.04. The molecule has 2 N–H and O–H groups in total. The van der Waals surface area contributed by atoms with Gasteiger partial charge in [-0.25, -0.2) is 0 Å². The SMILES string of the molecule is NCc1nnn(C2CCCC2)n1. The maximum absolute atomic E-state index is 5.38. The summed E-state index contributed by atoms with van der Waals surface area (Å²) in [6, 6.07) is 0.470. The van der Waals surface area contributed by atoms with Crippen molar-refractivity contribution in [2.24, 2.45) is 5.73 Å². The highest BCUT2D eigenvalue weighted by molar-refractivity contribution is 4.77. The lowest BCUT2D eigenvalue weighted by atomic mass is 10.3. The lowest BCUT2D eigenvalue weighted by Crippen LogP contribution is -2.09. The molecule has 0 spiro atoms. The Labute approximate surface area is 70.9 Å². The Morgan fingerprint density at radius 1 is 1.42 bits per heavy atom. The Morgan fingerprint density at radius 2 is 2.17 bits per heavy atom. The molecule has 0 aromatic carbocycles. The van der Waals surface area contributed by atoms with Crippen LogP contribution in [0.5, 0.6) is 0 Å². The minimum absolute atomic E-state index is 0.382. The summed E-state index contributed by atoms with van der Waals surface area (Å²) in [5.41, 5.74) is 5.38. The predicted octanol–water partition coefficient (Wildman–Crippen LogP) is 0.247. The molecule has 1 aromatic heterocycles. The first kappa shape index (κ1) is 7.67. The molecule has 66 valence electrons. The fourth-order valence-electron chi connectivity index (χ4n) is 1.63. The van der Waals surface area contributed by atoms with Crippen LogP contribution < -0.4 is 5.73 Å². The molecule has 0 bridgehead atoms. The van der Waals surface area contributed by atoms with E-state index in [0.717, 1.165) is 0 Å². The second-order valence-electron chi connectivity index (χ2n) is 3.17. The maximum Gasteiger partial charge on any atom is 0.188 e. The number of rotatable bonds is 2. The molecule has 0 radical (unpaired) electrons. The third-order valence-electron chi connectivity index (χ3n) is 2.30. The summed E-state index contributed by atoms with van der Waals surface area (Å²) in [5, 5.41) is 12.0. The van der Waals surface area contributed by atoms with Crippen LogP contribution in [0.3, 0.4) is 0 Å². The van der Waals surface area contributed by atoms with Gasteiger partial charge in [-0.1, -0.05) is 12.8 Å². The van der Waals surface area contributed by atoms with Gasteiger partial charge in [-0.3, -0.25) is 0 Å². The number of tetrazole rings is 1. The zero-order valence-electron chi connectivity index (χ0n) is 6.98. The molecule has 0 saturated heterocycles. The van der Waals surface area contributed by atoms with E-state index in [1.165, 1.54) is 25.7 Å². The number of aromatic nitrogens is 4. The number of nitrogens with two attached hydrogens (primary N) is 1. The average Bonchev–Trinajstić information content (AvgIpc) is 2.75. The Balaban J connectivity index is 2.11. The number of hydrogen-bond acceptors (Lipinski definition) is 4. The van der Waals surface area contributed by atoms with Crippen LogP contribution in [0.15, 0.2) is 0 Å². The molecule has 1 aliphatic carbocycles. The van der Waals surface area contributed by atoms with Crippen LogP contribution in [0.4, 0.5) is 0 Å².